The largest absolute Gasteiger partial charge is 0.497 e. The summed E-state index contributed by atoms with van der Waals surface area (Å²) in [5, 5.41) is 7.37. The van der Waals surface area contributed by atoms with Crippen molar-refractivity contribution in [2.45, 2.75) is 19.5 Å². The monoisotopic (exact) mass is 353 g/mol. The Bertz CT molecular complexity index is 931. The van der Waals surface area contributed by atoms with E-state index in [0.29, 0.717) is 4.77 Å². The lowest BCUT2D eigenvalue weighted by molar-refractivity contribution is 0.243. The van der Waals surface area contributed by atoms with E-state index in [1.165, 1.54) is 16.8 Å². The van der Waals surface area contributed by atoms with Crippen molar-refractivity contribution in [1.29, 1.82) is 0 Å². The van der Waals surface area contributed by atoms with Crippen LogP contribution in [0.5, 0.6) is 5.75 Å². The van der Waals surface area contributed by atoms with Gasteiger partial charge in [-0.2, -0.15) is 5.10 Å². The number of nitrogens with zero attached hydrogens (tertiary/aromatic N) is 3. The fourth-order valence-corrected chi connectivity index (χ4v) is 3.40. The number of hydrogen-bond acceptors (Lipinski definition) is 5. The number of aromatic nitrogens is 4. The Morgan fingerprint density at radius 2 is 2.08 bits per heavy atom. The van der Waals surface area contributed by atoms with Gasteiger partial charge in [0, 0.05) is 54.6 Å². The molecule has 1 aliphatic rings. The molecule has 0 spiro atoms. The first-order valence-corrected chi connectivity index (χ1v) is 8.60. The lowest BCUT2D eigenvalue weighted by Crippen LogP contribution is -2.30. The molecule has 2 N–H and O–H groups in total. The quantitative estimate of drug-likeness (QED) is 0.706. The number of ether oxygens (including phenoxy) is 1. The summed E-state index contributed by atoms with van der Waals surface area (Å²) in [5.41, 5.74) is 5.77. The summed E-state index contributed by atoms with van der Waals surface area (Å²) in [6.45, 7) is 2.68. The van der Waals surface area contributed by atoms with Crippen LogP contribution in [-0.4, -0.2) is 38.7 Å². The SMILES string of the molecule is COc1ccc(-c2[nH]ncc2CN2CCc3[nH]c(=S)ncc3C2)cc1. The average Bonchev–Trinajstić information content (AvgIpc) is 3.10. The second-order valence-electron chi connectivity index (χ2n) is 6.15. The van der Waals surface area contributed by atoms with Crippen LogP contribution in [0.1, 0.15) is 16.8 Å². The molecule has 2 aromatic heterocycles. The predicted molar refractivity (Wildman–Crippen MR) is 97.8 cm³/mol. The van der Waals surface area contributed by atoms with Crippen molar-refractivity contribution in [2.24, 2.45) is 0 Å². The average molecular weight is 353 g/mol. The molecule has 7 heteroatoms. The highest BCUT2D eigenvalue weighted by Gasteiger charge is 2.19. The maximum absolute atomic E-state index is 5.23. The minimum Gasteiger partial charge on any atom is -0.497 e. The van der Waals surface area contributed by atoms with Crippen LogP contribution in [0.4, 0.5) is 0 Å². The number of nitrogens with one attached hydrogen (secondary N) is 2. The van der Waals surface area contributed by atoms with Crippen LogP contribution in [0, 0.1) is 4.77 Å². The number of H-pyrrole nitrogens is 2. The van der Waals surface area contributed by atoms with Gasteiger partial charge in [-0.15, -0.1) is 0 Å². The van der Waals surface area contributed by atoms with E-state index in [-0.39, 0.29) is 0 Å². The first-order valence-electron chi connectivity index (χ1n) is 8.19. The van der Waals surface area contributed by atoms with Crippen molar-refractivity contribution in [2.75, 3.05) is 13.7 Å². The third kappa shape index (κ3) is 3.33. The van der Waals surface area contributed by atoms with E-state index in [2.05, 4.69) is 25.1 Å². The second kappa shape index (κ2) is 6.78. The van der Waals surface area contributed by atoms with Crippen LogP contribution in [0.15, 0.2) is 36.7 Å². The van der Waals surface area contributed by atoms with Crippen molar-refractivity contribution in [1.82, 2.24) is 25.1 Å². The summed E-state index contributed by atoms with van der Waals surface area (Å²) in [4.78, 5) is 9.81. The van der Waals surface area contributed by atoms with Gasteiger partial charge in [0.25, 0.3) is 0 Å². The molecule has 0 unspecified atom stereocenters. The molecule has 0 saturated carbocycles. The number of fused-ring (bicyclic) bond motifs is 1. The zero-order valence-corrected chi connectivity index (χ0v) is 14.8. The highest BCUT2D eigenvalue weighted by atomic mass is 32.1. The van der Waals surface area contributed by atoms with Gasteiger partial charge in [-0.25, -0.2) is 4.98 Å². The van der Waals surface area contributed by atoms with Gasteiger partial charge < -0.3 is 9.72 Å². The van der Waals surface area contributed by atoms with Gasteiger partial charge in [0.15, 0.2) is 4.77 Å². The number of benzene rings is 1. The summed E-state index contributed by atoms with van der Waals surface area (Å²) in [6, 6.07) is 8.02. The van der Waals surface area contributed by atoms with E-state index in [1.807, 2.05) is 36.7 Å². The number of methoxy groups -OCH3 is 1. The van der Waals surface area contributed by atoms with Crippen molar-refractivity contribution >= 4 is 12.2 Å². The Balaban J connectivity index is 1.53. The molecule has 0 atom stereocenters. The van der Waals surface area contributed by atoms with Gasteiger partial charge in [-0.3, -0.25) is 10.00 Å². The first-order chi connectivity index (χ1) is 12.2. The lowest BCUT2D eigenvalue weighted by atomic mass is 10.0. The molecule has 0 aliphatic carbocycles. The van der Waals surface area contributed by atoms with Crippen molar-refractivity contribution in [3.05, 3.63) is 58.3 Å². The molecule has 0 radical (unpaired) electrons. The number of aromatic amines is 2. The van der Waals surface area contributed by atoms with Crippen LogP contribution in [0.3, 0.4) is 0 Å². The highest BCUT2D eigenvalue weighted by molar-refractivity contribution is 7.71. The lowest BCUT2D eigenvalue weighted by Gasteiger charge is -2.28. The molecule has 128 valence electrons. The summed E-state index contributed by atoms with van der Waals surface area (Å²) < 4.78 is 5.79. The molecule has 3 aromatic rings. The Hall–Kier alpha value is -2.51. The molecule has 1 aromatic carbocycles. The first kappa shape index (κ1) is 16.0. The van der Waals surface area contributed by atoms with Crippen LogP contribution in [0.2, 0.25) is 0 Å². The maximum atomic E-state index is 5.23. The van der Waals surface area contributed by atoms with Gasteiger partial charge in [0.05, 0.1) is 19.0 Å². The Morgan fingerprint density at radius 3 is 2.88 bits per heavy atom. The van der Waals surface area contributed by atoms with Crippen molar-refractivity contribution < 1.29 is 4.74 Å². The molecule has 3 heterocycles. The van der Waals surface area contributed by atoms with E-state index < -0.39 is 0 Å². The molecule has 0 saturated heterocycles. The van der Waals surface area contributed by atoms with Gasteiger partial charge in [0.1, 0.15) is 5.75 Å². The normalized spacial score (nSPS) is 14.3. The van der Waals surface area contributed by atoms with Gasteiger partial charge in [-0.1, -0.05) is 0 Å². The van der Waals surface area contributed by atoms with E-state index in [0.717, 1.165) is 43.1 Å². The van der Waals surface area contributed by atoms with Gasteiger partial charge in [-0.05, 0) is 36.5 Å². The van der Waals surface area contributed by atoms with Gasteiger partial charge >= 0.3 is 0 Å². The molecule has 1 aliphatic heterocycles. The van der Waals surface area contributed by atoms with E-state index in [9.17, 15) is 0 Å². The molecule has 25 heavy (non-hydrogen) atoms. The molecule has 0 fully saturated rings. The predicted octanol–water partition coefficient (Wildman–Crippen LogP) is 3.10. The molecular formula is C18H19N5OS. The Labute approximate surface area is 150 Å². The summed E-state index contributed by atoms with van der Waals surface area (Å²) in [7, 11) is 1.67. The third-order valence-corrected chi connectivity index (χ3v) is 4.75. The fourth-order valence-electron chi connectivity index (χ4n) is 3.22. The number of rotatable bonds is 4. The van der Waals surface area contributed by atoms with Gasteiger partial charge in [0.2, 0.25) is 0 Å². The molecule has 0 bridgehead atoms. The van der Waals surface area contributed by atoms with Crippen molar-refractivity contribution in [3.63, 3.8) is 0 Å². The maximum Gasteiger partial charge on any atom is 0.196 e. The van der Waals surface area contributed by atoms with Crippen LogP contribution >= 0.6 is 12.2 Å². The van der Waals surface area contributed by atoms with Crippen LogP contribution in [0.25, 0.3) is 11.3 Å². The van der Waals surface area contributed by atoms with E-state index in [4.69, 9.17) is 17.0 Å². The zero-order valence-electron chi connectivity index (χ0n) is 14.0. The smallest absolute Gasteiger partial charge is 0.196 e. The minimum atomic E-state index is 0.559. The highest BCUT2D eigenvalue weighted by Crippen LogP contribution is 2.26. The molecule has 4 rings (SSSR count). The molecule has 6 nitrogen and oxygen atoms in total. The summed E-state index contributed by atoms with van der Waals surface area (Å²) >= 11 is 5.11. The fraction of sp³-hybridized carbons (Fsp3) is 0.278. The third-order valence-electron chi connectivity index (χ3n) is 4.55. The van der Waals surface area contributed by atoms with Crippen molar-refractivity contribution in [3.8, 4) is 17.0 Å². The summed E-state index contributed by atoms with van der Waals surface area (Å²) in [6.07, 6.45) is 4.75. The van der Waals surface area contributed by atoms with E-state index >= 15 is 0 Å². The topological polar surface area (TPSA) is 69.8 Å². The Morgan fingerprint density at radius 1 is 1.24 bits per heavy atom. The Kier molecular flexibility index (Phi) is 4.33. The standard InChI is InChI=1S/C18H19N5OS/c1-24-15-4-2-12(3-5-15)17-14(9-20-22-17)11-23-7-6-16-13(10-23)8-19-18(25)21-16/h2-5,8-9H,6-7,10-11H2,1H3,(H,20,22)(H,19,21,25). The zero-order chi connectivity index (χ0) is 17.2. The minimum absolute atomic E-state index is 0.559. The molecular weight excluding hydrogens is 334 g/mol. The van der Waals surface area contributed by atoms with Crippen LogP contribution < -0.4 is 4.74 Å². The molecule has 0 amide bonds. The number of hydrogen-bond donors (Lipinski definition) is 2. The second-order valence-corrected chi connectivity index (χ2v) is 6.54. The van der Waals surface area contributed by atoms with Crippen LogP contribution in [-0.2, 0) is 19.5 Å². The summed E-state index contributed by atoms with van der Waals surface area (Å²) in [5.74, 6) is 0.849. The van der Waals surface area contributed by atoms with E-state index in [1.54, 1.807) is 7.11 Å².